The van der Waals surface area contributed by atoms with Crippen LogP contribution in [0, 0.1) is 0 Å². The molecule has 0 unspecified atom stereocenters. The van der Waals surface area contributed by atoms with Crippen LogP contribution in [0.3, 0.4) is 0 Å². The summed E-state index contributed by atoms with van der Waals surface area (Å²) >= 11 is 0. The number of carbonyl (C=O) groups excluding carboxylic acids is 1. The predicted molar refractivity (Wildman–Crippen MR) is 66.5 cm³/mol. The van der Waals surface area contributed by atoms with Crippen LogP contribution in [0.25, 0.3) is 11.0 Å². The topological polar surface area (TPSA) is 55.0 Å². The lowest BCUT2D eigenvalue weighted by atomic mass is 10.0. The van der Waals surface area contributed by atoms with E-state index >= 15 is 0 Å². The van der Waals surface area contributed by atoms with Crippen molar-refractivity contribution in [1.82, 2.24) is 9.97 Å². The molecule has 0 aliphatic rings. The number of H-pyrrole nitrogens is 1. The van der Waals surface area contributed by atoms with Crippen LogP contribution in [0.15, 0.2) is 18.5 Å². The fraction of sp³-hybridized carbons (Fsp3) is 0.385. The number of hydrogen-bond donors (Lipinski definition) is 1. The largest absolute Gasteiger partial charge is 0.494 e. The maximum absolute atomic E-state index is 12.0. The van der Waals surface area contributed by atoms with Crippen molar-refractivity contribution in [2.45, 2.75) is 26.2 Å². The highest BCUT2D eigenvalue weighted by atomic mass is 16.5. The molecule has 0 spiro atoms. The molecule has 2 rings (SSSR count). The second kappa shape index (κ2) is 4.99. The fourth-order valence-electron chi connectivity index (χ4n) is 1.87. The maximum Gasteiger partial charge on any atom is 0.165 e. The van der Waals surface area contributed by atoms with E-state index in [0.717, 1.165) is 18.4 Å². The van der Waals surface area contributed by atoms with Gasteiger partial charge in [0.05, 0.1) is 13.4 Å². The second-order valence-corrected chi connectivity index (χ2v) is 3.97. The molecule has 90 valence electrons. The molecule has 0 aliphatic carbocycles. The van der Waals surface area contributed by atoms with Crippen LogP contribution in [0.4, 0.5) is 0 Å². The summed E-state index contributed by atoms with van der Waals surface area (Å²) in [6.45, 7) is 2.07. The number of ketones is 1. The zero-order valence-corrected chi connectivity index (χ0v) is 10.1. The van der Waals surface area contributed by atoms with E-state index in [9.17, 15) is 4.79 Å². The summed E-state index contributed by atoms with van der Waals surface area (Å²) in [5.74, 6) is 0.858. The van der Waals surface area contributed by atoms with Crippen LogP contribution in [0.5, 0.6) is 5.75 Å². The van der Waals surface area contributed by atoms with E-state index in [-0.39, 0.29) is 5.78 Å². The molecule has 2 aromatic rings. The molecule has 4 nitrogen and oxygen atoms in total. The Hall–Kier alpha value is -1.84. The van der Waals surface area contributed by atoms with Gasteiger partial charge < -0.3 is 9.72 Å². The lowest BCUT2D eigenvalue weighted by Gasteiger charge is -2.05. The van der Waals surface area contributed by atoms with Gasteiger partial charge in [-0.15, -0.1) is 0 Å². The van der Waals surface area contributed by atoms with Crippen molar-refractivity contribution in [2.24, 2.45) is 0 Å². The molecular formula is C13H16N2O2. The third-order valence-electron chi connectivity index (χ3n) is 2.82. The van der Waals surface area contributed by atoms with E-state index in [1.165, 1.54) is 0 Å². The molecule has 1 aromatic heterocycles. The van der Waals surface area contributed by atoms with Gasteiger partial charge in [-0.1, -0.05) is 13.3 Å². The third kappa shape index (κ3) is 2.16. The number of fused-ring (bicyclic) bond motifs is 1. The first-order valence-electron chi connectivity index (χ1n) is 5.81. The Balaban J connectivity index is 2.41. The van der Waals surface area contributed by atoms with Gasteiger partial charge in [0, 0.05) is 12.0 Å². The molecule has 0 bridgehead atoms. The molecule has 4 heteroatoms. The third-order valence-corrected chi connectivity index (χ3v) is 2.82. The monoisotopic (exact) mass is 232 g/mol. The van der Waals surface area contributed by atoms with E-state index in [2.05, 4.69) is 16.9 Å². The number of aromatic nitrogens is 2. The minimum absolute atomic E-state index is 0.145. The fourth-order valence-corrected chi connectivity index (χ4v) is 1.87. The Labute approximate surface area is 100 Å². The standard InChI is InChI=1S/C13H16N2O2/c1-3-4-5-10(16)9-6-7-11(17-2)13-12(9)14-8-15-13/h6-8H,3-5H2,1-2H3,(H,14,15). The maximum atomic E-state index is 12.0. The number of Topliss-reactive ketones (excluding diaryl/α,β-unsaturated/α-hetero) is 1. The van der Waals surface area contributed by atoms with Gasteiger partial charge >= 0.3 is 0 Å². The van der Waals surface area contributed by atoms with Crippen molar-refractivity contribution >= 4 is 16.8 Å². The number of nitrogens with one attached hydrogen (secondary N) is 1. The van der Waals surface area contributed by atoms with Crippen LogP contribution in [-0.2, 0) is 0 Å². The molecule has 0 atom stereocenters. The van der Waals surface area contributed by atoms with Gasteiger partial charge in [0.15, 0.2) is 5.78 Å². The van der Waals surface area contributed by atoms with Gasteiger partial charge in [-0.05, 0) is 18.6 Å². The predicted octanol–water partition coefficient (Wildman–Crippen LogP) is 2.94. The number of aromatic amines is 1. The number of nitrogens with zero attached hydrogens (tertiary/aromatic N) is 1. The molecular weight excluding hydrogens is 216 g/mol. The van der Waals surface area contributed by atoms with Gasteiger partial charge in [0.25, 0.3) is 0 Å². The van der Waals surface area contributed by atoms with E-state index in [4.69, 9.17) is 4.74 Å². The number of unbranched alkanes of at least 4 members (excludes halogenated alkanes) is 1. The first-order valence-corrected chi connectivity index (χ1v) is 5.81. The zero-order valence-electron chi connectivity index (χ0n) is 10.1. The Morgan fingerprint density at radius 3 is 3.00 bits per heavy atom. The first-order chi connectivity index (χ1) is 8.27. The van der Waals surface area contributed by atoms with Gasteiger partial charge in [0.1, 0.15) is 16.8 Å². The summed E-state index contributed by atoms with van der Waals surface area (Å²) in [6, 6.07) is 3.60. The van der Waals surface area contributed by atoms with Gasteiger partial charge in [0.2, 0.25) is 0 Å². The highest BCUT2D eigenvalue weighted by Gasteiger charge is 2.14. The Kier molecular flexibility index (Phi) is 3.42. The molecule has 17 heavy (non-hydrogen) atoms. The highest BCUT2D eigenvalue weighted by molar-refractivity contribution is 6.07. The van der Waals surface area contributed by atoms with Crippen molar-refractivity contribution in [3.05, 3.63) is 24.0 Å². The minimum Gasteiger partial charge on any atom is -0.494 e. The summed E-state index contributed by atoms with van der Waals surface area (Å²) in [5.41, 5.74) is 2.16. The number of ether oxygens (including phenoxy) is 1. The Morgan fingerprint density at radius 2 is 2.29 bits per heavy atom. The molecule has 0 saturated carbocycles. The number of imidazole rings is 1. The SMILES string of the molecule is CCCCC(=O)c1ccc(OC)c2[nH]cnc12. The lowest BCUT2D eigenvalue weighted by molar-refractivity contribution is 0.0981. The number of carbonyl (C=O) groups is 1. The van der Waals surface area contributed by atoms with E-state index in [1.54, 1.807) is 25.6 Å². The van der Waals surface area contributed by atoms with Crippen LogP contribution < -0.4 is 4.74 Å². The Morgan fingerprint density at radius 1 is 1.47 bits per heavy atom. The summed E-state index contributed by atoms with van der Waals surface area (Å²) in [6.07, 6.45) is 4.09. The number of rotatable bonds is 5. The van der Waals surface area contributed by atoms with E-state index in [1.807, 2.05) is 0 Å². The normalized spacial score (nSPS) is 10.7. The molecule has 1 heterocycles. The molecule has 0 amide bonds. The average molecular weight is 232 g/mol. The second-order valence-electron chi connectivity index (χ2n) is 3.97. The molecule has 1 N–H and O–H groups in total. The van der Waals surface area contributed by atoms with Gasteiger partial charge in [-0.25, -0.2) is 4.98 Å². The van der Waals surface area contributed by atoms with Crippen LogP contribution >= 0.6 is 0 Å². The first kappa shape index (κ1) is 11.6. The van der Waals surface area contributed by atoms with Gasteiger partial charge in [-0.3, -0.25) is 4.79 Å². The van der Waals surface area contributed by atoms with E-state index < -0.39 is 0 Å². The molecule has 0 saturated heterocycles. The molecule has 0 fully saturated rings. The molecule has 1 aromatic carbocycles. The Bertz CT molecular complexity index is 531. The summed E-state index contributed by atoms with van der Waals surface area (Å²) < 4.78 is 5.22. The number of hydrogen-bond acceptors (Lipinski definition) is 3. The summed E-state index contributed by atoms with van der Waals surface area (Å²) in [7, 11) is 1.61. The minimum atomic E-state index is 0.145. The van der Waals surface area contributed by atoms with Crippen molar-refractivity contribution in [3.8, 4) is 5.75 Å². The smallest absolute Gasteiger partial charge is 0.165 e. The van der Waals surface area contributed by atoms with Crippen molar-refractivity contribution in [3.63, 3.8) is 0 Å². The van der Waals surface area contributed by atoms with Crippen molar-refractivity contribution < 1.29 is 9.53 Å². The van der Waals surface area contributed by atoms with E-state index in [0.29, 0.717) is 23.3 Å². The van der Waals surface area contributed by atoms with Crippen LogP contribution in [0.2, 0.25) is 0 Å². The molecule has 0 aliphatic heterocycles. The average Bonchev–Trinajstić information content (AvgIpc) is 2.83. The highest BCUT2D eigenvalue weighted by Crippen LogP contribution is 2.26. The van der Waals surface area contributed by atoms with Gasteiger partial charge in [-0.2, -0.15) is 0 Å². The lowest BCUT2D eigenvalue weighted by Crippen LogP contribution is -2.00. The quantitative estimate of drug-likeness (QED) is 0.806. The summed E-state index contributed by atoms with van der Waals surface area (Å²) in [4.78, 5) is 19.2. The van der Waals surface area contributed by atoms with Crippen LogP contribution in [-0.4, -0.2) is 22.9 Å². The molecule has 0 radical (unpaired) electrons. The summed E-state index contributed by atoms with van der Waals surface area (Å²) in [5, 5.41) is 0. The zero-order chi connectivity index (χ0) is 12.3. The number of methoxy groups -OCH3 is 1. The number of benzene rings is 1. The van der Waals surface area contributed by atoms with Crippen LogP contribution in [0.1, 0.15) is 36.5 Å². The van der Waals surface area contributed by atoms with Crippen molar-refractivity contribution in [1.29, 1.82) is 0 Å². The van der Waals surface area contributed by atoms with Crippen molar-refractivity contribution in [2.75, 3.05) is 7.11 Å².